The SMILES string of the molecule is NS(=O)(=O)c1cccc(NC(=O)c2cc(C(F)(F)F)cnc2N2CCCC3(CC2)CC3)c1. The number of sulfonamides is 1. The molecule has 1 aromatic carbocycles. The first kappa shape index (κ1) is 22.5. The van der Waals surface area contributed by atoms with E-state index < -0.39 is 27.7 Å². The molecule has 0 bridgehead atoms. The van der Waals surface area contributed by atoms with Crippen molar-refractivity contribution in [1.82, 2.24) is 4.98 Å². The standard InChI is InChI=1S/C21H23F3N4O3S/c22-21(23,24)14-11-17(19(29)27-15-3-1-4-16(12-15)32(25,30)31)18(26-13-14)28-9-2-5-20(6-7-20)8-10-28/h1,3-4,11-13H,2,5-10H2,(H,27,29)(H2,25,30,31). The highest BCUT2D eigenvalue weighted by atomic mass is 32.2. The molecule has 0 unspecified atom stereocenters. The van der Waals surface area contributed by atoms with Gasteiger partial charge < -0.3 is 10.2 Å². The average Bonchev–Trinajstić information content (AvgIpc) is 3.52. The molecule has 1 aromatic heterocycles. The topological polar surface area (TPSA) is 105 Å². The normalized spacial score (nSPS) is 18.3. The van der Waals surface area contributed by atoms with Gasteiger partial charge in [0.15, 0.2) is 0 Å². The Hall–Kier alpha value is -2.66. The van der Waals surface area contributed by atoms with E-state index in [1.54, 1.807) is 0 Å². The molecule has 11 heteroatoms. The fourth-order valence-corrected chi connectivity index (χ4v) is 4.68. The Bertz CT molecular complexity index is 1150. The fourth-order valence-electron chi connectivity index (χ4n) is 4.12. The van der Waals surface area contributed by atoms with E-state index in [1.165, 1.54) is 18.2 Å². The van der Waals surface area contributed by atoms with Crippen LogP contribution >= 0.6 is 0 Å². The maximum absolute atomic E-state index is 13.3. The molecule has 2 aromatic rings. The van der Waals surface area contributed by atoms with Crippen molar-refractivity contribution in [2.75, 3.05) is 23.3 Å². The number of primary sulfonamides is 1. The minimum Gasteiger partial charge on any atom is -0.356 e. The minimum absolute atomic E-state index is 0.0951. The lowest BCUT2D eigenvalue weighted by atomic mass is 9.98. The molecule has 32 heavy (non-hydrogen) atoms. The Morgan fingerprint density at radius 1 is 1.12 bits per heavy atom. The lowest BCUT2D eigenvalue weighted by Crippen LogP contribution is -2.29. The molecular formula is C21H23F3N4O3S. The summed E-state index contributed by atoms with van der Waals surface area (Å²) >= 11 is 0. The molecule has 1 aliphatic heterocycles. The van der Waals surface area contributed by atoms with Crippen LogP contribution in [-0.4, -0.2) is 32.4 Å². The number of carbonyl (C=O) groups excluding carboxylic acids is 1. The van der Waals surface area contributed by atoms with E-state index in [4.69, 9.17) is 5.14 Å². The third-order valence-electron chi connectivity index (χ3n) is 6.16. The summed E-state index contributed by atoms with van der Waals surface area (Å²) in [6.45, 7) is 1.21. The number of halogens is 3. The third kappa shape index (κ3) is 4.88. The Kier molecular flexibility index (Phi) is 5.66. The van der Waals surface area contributed by atoms with Gasteiger partial charge >= 0.3 is 6.18 Å². The number of amides is 1. The molecule has 0 atom stereocenters. The quantitative estimate of drug-likeness (QED) is 0.711. The maximum atomic E-state index is 13.3. The van der Waals surface area contributed by atoms with Crippen LogP contribution in [0.25, 0.3) is 0 Å². The summed E-state index contributed by atoms with van der Waals surface area (Å²) in [5.74, 6) is -0.619. The summed E-state index contributed by atoms with van der Waals surface area (Å²) in [7, 11) is -4.01. The summed E-state index contributed by atoms with van der Waals surface area (Å²) in [4.78, 5) is 18.7. The van der Waals surface area contributed by atoms with Crippen LogP contribution in [0.5, 0.6) is 0 Å². The van der Waals surface area contributed by atoms with Crippen LogP contribution in [0.4, 0.5) is 24.7 Å². The summed E-state index contributed by atoms with van der Waals surface area (Å²) in [5.41, 5.74) is -0.819. The van der Waals surface area contributed by atoms with Crippen LogP contribution in [0.2, 0.25) is 0 Å². The number of aromatic nitrogens is 1. The summed E-state index contributed by atoms with van der Waals surface area (Å²) in [5, 5.41) is 7.60. The number of nitrogens with two attached hydrogens (primary N) is 1. The predicted molar refractivity (Wildman–Crippen MR) is 113 cm³/mol. The molecule has 3 N–H and O–H groups in total. The number of rotatable bonds is 4. The molecule has 7 nitrogen and oxygen atoms in total. The van der Waals surface area contributed by atoms with Gasteiger partial charge in [0.1, 0.15) is 5.82 Å². The van der Waals surface area contributed by atoms with E-state index >= 15 is 0 Å². The number of pyridine rings is 1. The van der Waals surface area contributed by atoms with Crippen molar-refractivity contribution in [3.05, 3.63) is 47.7 Å². The number of carbonyl (C=O) groups is 1. The first-order chi connectivity index (χ1) is 15.0. The van der Waals surface area contributed by atoms with Crippen molar-refractivity contribution in [3.8, 4) is 0 Å². The van der Waals surface area contributed by atoms with Gasteiger partial charge in [-0.15, -0.1) is 0 Å². The highest BCUT2D eigenvalue weighted by Gasteiger charge is 2.43. The third-order valence-corrected chi connectivity index (χ3v) is 7.07. The van der Waals surface area contributed by atoms with E-state index in [0.29, 0.717) is 18.5 Å². The largest absolute Gasteiger partial charge is 0.417 e. The van der Waals surface area contributed by atoms with Gasteiger partial charge in [0, 0.05) is 25.0 Å². The predicted octanol–water partition coefficient (Wildman–Crippen LogP) is 3.77. The number of hydrogen-bond donors (Lipinski definition) is 2. The maximum Gasteiger partial charge on any atom is 0.417 e. The van der Waals surface area contributed by atoms with Crippen molar-refractivity contribution in [1.29, 1.82) is 0 Å². The van der Waals surface area contributed by atoms with Crippen molar-refractivity contribution in [2.45, 2.75) is 43.2 Å². The summed E-state index contributed by atoms with van der Waals surface area (Å²) in [6.07, 6.45) is 1.25. The molecule has 4 rings (SSSR count). The van der Waals surface area contributed by atoms with Gasteiger partial charge in [-0.25, -0.2) is 18.5 Å². The minimum atomic E-state index is -4.66. The molecule has 1 aliphatic carbocycles. The first-order valence-corrected chi connectivity index (χ1v) is 11.8. The first-order valence-electron chi connectivity index (χ1n) is 10.2. The van der Waals surface area contributed by atoms with Gasteiger partial charge in [-0.3, -0.25) is 4.79 Å². The highest BCUT2D eigenvalue weighted by Crippen LogP contribution is 2.53. The van der Waals surface area contributed by atoms with Gasteiger partial charge in [0.25, 0.3) is 5.91 Å². The number of benzene rings is 1. The zero-order chi connectivity index (χ0) is 23.1. The lowest BCUT2D eigenvalue weighted by molar-refractivity contribution is -0.137. The molecule has 1 saturated carbocycles. The molecule has 2 aliphatic rings. The average molecular weight is 469 g/mol. The Balaban J connectivity index is 1.66. The molecule has 0 radical (unpaired) electrons. The van der Waals surface area contributed by atoms with Gasteiger partial charge in [0.05, 0.1) is 16.0 Å². The lowest BCUT2D eigenvalue weighted by Gasteiger charge is -2.25. The van der Waals surface area contributed by atoms with Gasteiger partial charge in [-0.2, -0.15) is 13.2 Å². The van der Waals surface area contributed by atoms with Crippen molar-refractivity contribution in [2.24, 2.45) is 10.6 Å². The van der Waals surface area contributed by atoms with Crippen molar-refractivity contribution < 1.29 is 26.4 Å². The van der Waals surface area contributed by atoms with Crippen LogP contribution in [-0.2, 0) is 16.2 Å². The van der Waals surface area contributed by atoms with Crippen LogP contribution in [0.15, 0.2) is 41.4 Å². The van der Waals surface area contributed by atoms with E-state index in [1.807, 2.05) is 4.90 Å². The number of alkyl halides is 3. The second kappa shape index (κ2) is 8.04. The Labute approximate surface area is 183 Å². The summed E-state index contributed by atoms with van der Waals surface area (Å²) in [6, 6.07) is 6.00. The second-order valence-electron chi connectivity index (χ2n) is 8.46. The van der Waals surface area contributed by atoms with E-state index in [2.05, 4.69) is 10.3 Å². The molecular weight excluding hydrogens is 445 g/mol. The van der Waals surface area contributed by atoms with Crippen LogP contribution in [0.3, 0.4) is 0 Å². The highest BCUT2D eigenvalue weighted by molar-refractivity contribution is 7.89. The zero-order valence-corrected chi connectivity index (χ0v) is 18.0. The van der Waals surface area contributed by atoms with E-state index in [9.17, 15) is 26.4 Å². The smallest absolute Gasteiger partial charge is 0.356 e. The molecule has 172 valence electrons. The van der Waals surface area contributed by atoms with Gasteiger partial charge in [-0.05, 0) is 61.8 Å². The Morgan fingerprint density at radius 3 is 2.53 bits per heavy atom. The Morgan fingerprint density at radius 2 is 1.88 bits per heavy atom. The van der Waals surface area contributed by atoms with E-state index in [-0.39, 0.29) is 22.0 Å². The molecule has 1 spiro atoms. The molecule has 2 heterocycles. The van der Waals surface area contributed by atoms with Gasteiger partial charge in [-0.1, -0.05) is 6.07 Å². The van der Waals surface area contributed by atoms with Crippen LogP contribution in [0.1, 0.15) is 48.0 Å². The van der Waals surface area contributed by atoms with E-state index in [0.717, 1.165) is 50.4 Å². The number of hydrogen-bond acceptors (Lipinski definition) is 5. The fraction of sp³-hybridized carbons (Fsp3) is 0.429. The molecule has 1 saturated heterocycles. The van der Waals surface area contributed by atoms with Crippen LogP contribution < -0.4 is 15.4 Å². The summed E-state index contributed by atoms with van der Waals surface area (Å²) < 4.78 is 63.1. The molecule has 1 amide bonds. The second-order valence-corrected chi connectivity index (χ2v) is 10.0. The van der Waals surface area contributed by atoms with Crippen molar-refractivity contribution >= 4 is 27.4 Å². The van der Waals surface area contributed by atoms with Gasteiger partial charge in [0.2, 0.25) is 10.0 Å². The number of anilines is 2. The number of nitrogens with one attached hydrogen (secondary N) is 1. The monoisotopic (exact) mass is 468 g/mol. The van der Waals surface area contributed by atoms with Crippen LogP contribution in [0, 0.1) is 5.41 Å². The zero-order valence-electron chi connectivity index (χ0n) is 17.2. The number of nitrogens with zero attached hydrogens (tertiary/aromatic N) is 2. The van der Waals surface area contributed by atoms with Crippen molar-refractivity contribution in [3.63, 3.8) is 0 Å². The molecule has 2 fully saturated rings.